The molecule has 3 rings (SSSR count). The maximum absolute atomic E-state index is 11.7. The van der Waals surface area contributed by atoms with Crippen molar-refractivity contribution in [1.82, 2.24) is 4.98 Å². The average molecular weight is 310 g/mol. The van der Waals surface area contributed by atoms with Gasteiger partial charge in [0.05, 0.1) is 16.1 Å². The number of rotatable bonds is 1. The summed E-state index contributed by atoms with van der Waals surface area (Å²) < 4.78 is 0. The summed E-state index contributed by atoms with van der Waals surface area (Å²) in [6, 6.07) is 3.25. The van der Waals surface area contributed by atoms with Crippen LogP contribution >= 0.6 is 23.2 Å². The summed E-state index contributed by atoms with van der Waals surface area (Å²) in [5.74, 6) is -0.936. The molecule has 0 fully saturated rings. The summed E-state index contributed by atoms with van der Waals surface area (Å²) in [5, 5.41) is 11.0. The monoisotopic (exact) mass is 309 g/mol. The number of halogens is 2. The van der Waals surface area contributed by atoms with Gasteiger partial charge < -0.3 is 5.11 Å². The molecular weight excluding hydrogens is 297 g/mol. The SMILES string of the molecule is O=C(O)c1c2c(nc3c(Cl)cc(Cl)cc13)CCCCC2. The summed E-state index contributed by atoms with van der Waals surface area (Å²) in [7, 11) is 0. The number of hydrogen-bond donors (Lipinski definition) is 1. The van der Waals surface area contributed by atoms with Crippen LogP contribution in [0.2, 0.25) is 10.0 Å². The lowest BCUT2D eigenvalue weighted by atomic mass is 9.97. The Hall–Kier alpha value is -1.32. The van der Waals surface area contributed by atoms with Gasteiger partial charge in [-0.05, 0) is 43.4 Å². The van der Waals surface area contributed by atoms with Gasteiger partial charge in [-0.25, -0.2) is 4.79 Å². The molecule has 1 heterocycles. The number of hydrogen-bond acceptors (Lipinski definition) is 2. The molecule has 5 heteroatoms. The van der Waals surface area contributed by atoms with E-state index >= 15 is 0 Å². The Morgan fingerprint density at radius 2 is 1.90 bits per heavy atom. The van der Waals surface area contributed by atoms with Gasteiger partial charge in [-0.2, -0.15) is 0 Å². The van der Waals surface area contributed by atoms with Crippen molar-refractivity contribution in [3.8, 4) is 0 Å². The molecule has 104 valence electrons. The molecule has 0 spiro atoms. The van der Waals surface area contributed by atoms with Gasteiger partial charge in [-0.3, -0.25) is 4.98 Å². The first-order chi connectivity index (χ1) is 9.58. The largest absolute Gasteiger partial charge is 0.478 e. The van der Waals surface area contributed by atoms with Gasteiger partial charge in [0.1, 0.15) is 0 Å². The van der Waals surface area contributed by atoms with Crippen molar-refractivity contribution < 1.29 is 9.90 Å². The molecule has 20 heavy (non-hydrogen) atoms. The molecule has 1 aromatic heterocycles. The number of benzene rings is 1. The molecule has 0 saturated heterocycles. The molecule has 2 aromatic rings. The molecule has 0 saturated carbocycles. The van der Waals surface area contributed by atoms with E-state index < -0.39 is 5.97 Å². The van der Waals surface area contributed by atoms with Crippen molar-refractivity contribution in [2.24, 2.45) is 0 Å². The number of aryl methyl sites for hydroxylation is 1. The molecule has 1 aliphatic carbocycles. The van der Waals surface area contributed by atoms with Crippen LogP contribution in [0.15, 0.2) is 12.1 Å². The van der Waals surface area contributed by atoms with Gasteiger partial charge in [0.15, 0.2) is 0 Å². The zero-order valence-electron chi connectivity index (χ0n) is 10.7. The number of aromatic nitrogens is 1. The van der Waals surface area contributed by atoms with Crippen LogP contribution in [0.1, 0.15) is 40.9 Å². The molecule has 0 atom stereocenters. The number of carboxylic acid groups (broad SMARTS) is 1. The Kier molecular flexibility index (Phi) is 3.57. The molecule has 0 bridgehead atoms. The van der Waals surface area contributed by atoms with Crippen LogP contribution in [-0.4, -0.2) is 16.1 Å². The van der Waals surface area contributed by atoms with E-state index in [0.29, 0.717) is 26.5 Å². The summed E-state index contributed by atoms with van der Waals surface area (Å²) in [6.45, 7) is 0. The Morgan fingerprint density at radius 3 is 2.65 bits per heavy atom. The molecule has 0 aliphatic heterocycles. The lowest BCUT2D eigenvalue weighted by molar-refractivity contribution is 0.0697. The molecule has 1 N–H and O–H groups in total. The Morgan fingerprint density at radius 1 is 1.15 bits per heavy atom. The van der Waals surface area contributed by atoms with E-state index in [1.54, 1.807) is 12.1 Å². The molecule has 3 nitrogen and oxygen atoms in total. The highest BCUT2D eigenvalue weighted by molar-refractivity contribution is 6.38. The van der Waals surface area contributed by atoms with E-state index in [1.807, 2.05) is 0 Å². The third-order valence-electron chi connectivity index (χ3n) is 3.75. The van der Waals surface area contributed by atoms with Crippen LogP contribution in [0.5, 0.6) is 0 Å². The number of carboxylic acids is 1. The number of fused-ring (bicyclic) bond motifs is 2. The van der Waals surface area contributed by atoms with Crippen molar-refractivity contribution in [3.05, 3.63) is 39.0 Å². The van der Waals surface area contributed by atoms with E-state index in [9.17, 15) is 9.90 Å². The van der Waals surface area contributed by atoms with Crippen LogP contribution in [0.3, 0.4) is 0 Å². The van der Waals surface area contributed by atoms with Crippen molar-refractivity contribution in [2.45, 2.75) is 32.1 Å². The highest BCUT2D eigenvalue weighted by Crippen LogP contribution is 2.34. The number of aromatic carboxylic acids is 1. The molecular formula is C15H13Cl2NO2. The second-order valence-electron chi connectivity index (χ2n) is 5.06. The topological polar surface area (TPSA) is 50.2 Å². The highest BCUT2D eigenvalue weighted by Gasteiger charge is 2.22. The molecule has 0 radical (unpaired) electrons. The predicted octanol–water partition coefficient (Wildman–Crippen LogP) is 4.51. The normalized spacial score (nSPS) is 14.9. The fourth-order valence-corrected chi connectivity index (χ4v) is 3.41. The van der Waals surface area contributed by atoms with E-state index in [2.05, 4.69) is 4.98 Å². The Balaban J connectivity index is 2.42. The maximum Gasteiger partial charge on any atom is 0.336 e. The standard InChI is InChI=1S/C15H13Cl2NO2/c16-8-6-10-13(15(19)20)9-4-2-1-3-5-12(9)18-14(10)11(17)7-8/h6-7H,1-5H2,(H,19,20). The van der Waals surface area contributed by atoms with Crippen LogP contribution < -0.4 is 0 Å². The van der Waals surface area contributed by atoms with E-state index in [-0.39, 0.29) is 0 Å². The first-order valence-electron chi connectivity index (χ1n) is 6.61. The van der Waals surface area contributed by atoms with Gasteiger partial charge >= 0.3 is 5.97 Å². The summed E-state index contributed by atoms with van der Waals surface area (Å²) >= 11 is 12.2. The Labute approximate surface area is 126 Å². The van der Waals surface area contributed by atoms with Crippen LogP contribution in [0, 0.1) is 0 Å². The number of pyridine rings is 1. The third kappa shape index (κ3) is 2.25. The first kappa shape index (κ1) is 13.7. The van der Waals surface area contributed by atoms with Gasteiger partial charge in [-0.1, -0.05) is 29.6 Å². The highest BCUT2D eigenvalue weighted by atomic mass is 35.5. The first-order valence-corrected chi connectivity index (χ1v) is 7.37. The molecule has 0 amide bonds. The van der Waals surface area contributed by atoms with Crippen LogP contribution in [-0.2, 0) is 12.8 Å². The zero-order chi connectivity index (χ0) is 14.3. The lowest BCUT2D eigenvalue weighted by Crippen LogP contribution is -2.09. The zero-order valence-corrected chi connectivity index (χ0v) is 12.3. The van der Waals surface area contributed by atoms with E-state index in [1.165, 1.54) is 0 Å². The van der Waals surface area contributed by atoms with Crippen molar-refractivity contribution in [3.63, 3.8) is 0 Å². The van der Waals surface area contributed by atoms with Gasteiger partial charge in [0.25, 0.3) is 0 Å². The van der Waals surface area contributed by atoms with Gasteiger partial charge in [-0.15, -0.1) is 0 Å². The third-order valence-corrected chi connectivity index (χ3v) is 4.25. The van der Waals surface area contributed by atoms with Crippen molar-refractivity contribution >= 4 is 40.1 Å². The predicted molar refractivity (Wildman–Crippen MR) is 80.0 cm³/mol. The summed E-state index contributed by atoms with van der Waals surface area (Å²) in [4.78, 5) is 16.3. The quantitative estimate of drug-likeness (QED) is 0.788. The van der Waals surface area contributed by atoms with Gasteiger partial charge in [0, 0.05) is 16.1 Å². The summed E-state index contributed by atoms with van der Waals surface area (Å²) in [6.07, 6.45) is 4.69. The Bertz CT molecular complexity index is 713. The van der Waals surface area contributed by atoms with Crippen molar-refractivity contribution in [2.75, 3.05) is 0 Å². The molecule has 1 aromatic carbocycles. The van der Waals surface area contributed by atoms with Crippen LogP contribution in [0.25, 0.3) is 10.9 Å². The second-order valence-corrected chi connectivity index (χ2v) is 5.91. The van der Waals surface area contributed by atoms with E-state index in [0.717, 1.165) is 43.4 Å². The fraction of sp³-hybridized carbons (Fsp3) is 0.333. The maximum atomic E-state index is 11.7. The van der Waals surface area contributed by atoms with Crippen molar-refractivity contribution in [1.29, 1.82) is 0 Å². The smallest absolute Gasteiger partial charge is 0.336 e. The molecule has 1 aliphatic rings. The number of nitrogens with zero attached hydrogens (tertiary/aromatic N) is 1. The van der Waals surface area contributed by atoms with Crippen LogP contribution in [0.4, 0.5) is 0 Å². The lowest BCUT2D eigenvalue weighted by Gasteiger charge is -2.13. The minimum Gasteiger partial charge on any atom is -0.478 e. The summed E-state index contributed by atoms with van der Waals surface area (Å²) in [5.41, 5.74) is 2.57. The number of carbonyl (C=O) groups is 1. The fourth-order valence-electron chi connectivity index (χ4n) is 2.87. The average Bonchev–Trinajstić information content (AvgIpc) is 2.60. The minimum atomic E-state index is -0.936. The van der Waals surface area contributed by atoms with Gasteiger partial charge in [0.2, 0.25) is 0 Å². The minimum absolute atomic E-state index is 0.316. The second kappa shape index (κ2) is 5.23. The van der Waals surface area contributed by atoms with E-state index in [4.69, 9.17) is 23.2 Å². The molecule has 0 unspecified atom stereocenters.